The summed E-state index contributed by atoms with van der Waals surface area (Å²) in [6.45, 7) is 8.09. The van der Waals surface area contributed by atoms with Crippen LogP contribution in [0.3, 0.4) is 0 Å². The third-order valence-corrected chi connectivity index (χ3v) is 3.77. The summed E-state index contributed by atoms with van der Waals surface area (Å²) in [7, 11) is 0. The standard InChI is InChI=1S/C16H18ClNO2/c1-9-12(17)6-5-11-10(8-14(19)20)7-13(16(2,3)4)18-15(9)11/h5-7H,8H2,1-4H3,(H,19,20). The molecule has 1 heterocycles. The highest BCUT2D eigenvalue weighted by Gasteiger charge is 2.19. The van der Waals surface area contributed by atoms with Crippen molar-refractivity contribution in [1.82, 2.24) is 4.98 Å². The molecule has 0 radical (unpaired) electrons. The van der Waals surface area contributed by atoms with E-state index in [1.807, 2.05) is 19.1 Å². The number of fused-ring (bicyclic) bond motifs is 1. The van der Waals surface area contributed by atoms with Crippen LogP contribution in [0.5, 0.6) is 0 Å². The minimum atomic E-state index is -0.843. The lowest BCUT2D eigenvalue weighted by molar-refractivity contribution is -0.136. The number of rotatable bonds is 2. The SMILES string of the molecule is Cc1c(Cl)ccc2c(CC(=O)O)cc(C(C)(C)C)nc12. The van der Waals surface area contributed by atoms with Crippen LogP contribution in [0.25, 0.3) is 10.9 Å². The summed E-state index contributed by atoms with van der Waals surface area (Å²) in [6.07, 6.45) is -0.0107. The maximum Gasteiger partial charge on any atom is 0.307 e. The molecule has 0 fully saturated rings. The molecule has 0 bridgehead atoms. The average molecular weight is 292 g/mol. The van der Waals surface area contributed by atoms with Crippen LogP contribution < -0.4 is 0 Å². The zero-order valence-corrected chi connectivity index (χ0v) is 12.9. The fourth-order valence-electron chi connectivity index (χ4n) is 2.17. The number of aromatic nitrogens is 1. The van der Waals surface area contributed by atoms with E-state index in [0.717, 1.165) is 27.7 Å². The molecule has 0 unspecified atom stereocenters. The molecule has 2 aromatic rings. The number of hydrogen-bond acceptors (Lipinski definition) is 2. The molecule has 0 saturated carbocycles. The van der Waals surface area contributed by atoms with Crippen molar-refractivity contribution in [3.63, 3.8) is 0 Å². The second-order valence-electron chi connectivity index (χ2n) is 6.06. The molecule has 0 amide bonds. The first-order chi connectivity index (χ1) is 9.20. The monoisotopic (exact) mass is 291 g/mol. The minimum absolute atomic E-state index is 0.0107. The third kappa shape index (κ3) is 2.78. The summed E-state index contributed by atoms with van der Waals surface area (Å²) in [5, 5.41) is 10.6. The van der Waals surface area contributed by atoms with Gasteiger partial charge in [0.05, 0.1) is 11.9 Å². The van der Waals surface area contributed by atoms with Crippen LogP contribution in [0.1, 0.15) is 37.6 Å². The zero-order valence-electron chi connectivity index (χ0n) is 12.1. The van der Waals surface area contributed by atoms with Crippen molar-refractivity contribution in [3.05, 3.63) is 40.0 Å². The maximum absolute atomic E-state index is 11.1. The molecule has 20 heavy (non-hydrogen) atoms. The van der Waals surface area contributed by atoms with Crippen LogP contribution in [-0.4, -0.2) is 16.1 Å². The fourth-order valence-corrected chi connectivity index (χ4v) is 2.32. The van der Waals surface area contributed by atoms with Gasteiger partial charge in [-0.25, -0.2) is 0 Å². The topological polar surface area (TPSA) is 50.2 Å². The summed E-state index contributed by atoms with van der Waals surface area (Å²) in [6, 6.07) is 5.54. The number of hydrogen-bond donors (Lipinski definition) is 1. The normalized spacial score (nSPS) is 11.8. The first kappa shape index (κ1) is 14.8. The summed E-state index contributed by atoms with van der Waals surface area (Å²) < 4.78 is 0. The van der Waals surface area contributed by atoms with Crippen LogP contribution >= 0.6 is 11.6 Å². The maximum atomic E-state index is 11.1. The Morgan fingerprint density at radius 1 is 1.35 bits per heavy atom. The summed E-state index contributed by atoms with van der Waals surface area (Å²) in [5.41, 5.74) is 3.21. The third-order valence-electron chi connectivity index (χ3n) is 3.36. The van der Waals surface area contributed by atoms with Crippen molar-refractivity contribution < 1.29 is 9.90 Å². The second-order valence-corrected chi connectivity index (χ2v) is 6.46. The summed E-state index contributed by atoms with van der Waals surface area (Å²) in [4.78, 5) is 15.8. The Morgan fingerprint density at radius 2 is 2.00 bits per heavy atom. The largest absolute Gasteiger partial charge is 0.481 e. The lowest BCUT2D eigenvalue weighted by Crippen LogP contribution is -2.15. The highest BCUT2D eigenvalue weighted by atomic mass is 35.5. The van der Waals surface area contributed by atoms with E-state index in [2.05, 4.69) is 20.8 Å². The number of benzene rings is 1. The first-order valence-electron chi connectivity index (χ1n) is 6.51. The predicted molar refractivity (Wildman–Crippen MR) is 81.5 cm³/mol. The van der Waals surface area contributed by atoms with Crippen molar-refractivity contribution in [3.8, 4) is 0 Å². The first-order valence-corrected chi connectivity index (χ1v) is 6.89. The fraction of sp³-hybridized carbons (Fsp3) is 0.375. The van der Waals surface area contributed by atoms with Crippen molar-refractivity contribution in [2.45, 2.75) is 39.5 Å². The Morgan fingerprint density at radius 3 is 2.55 bits per heavy atom. The lowest BCUT2D eigenvalue weighted by atomic mass is 9.89. The highest BCUT2D eigenvalue weighted by Crippen LogP contribution is 2.30. The quantitative estimate of drug-likeness (QED) is 0.905. The predicted octanol–water partition coefficient (Wildman–Crippen LogP) is 4.12. The van der Waals surface area contributed by atoms with Crippen molar-refractivity contribution in [2.75, 3.05) is 0 Å². The molecule has 0 aliphatic carbocycles. The molecule has 3 nitrogen and oxygen atoms in total. The van der Waals surface area contributed by atoms with Crippen LogP contribution in [0, 0.1) is 6.92 Å². The Hall–Kier alpha value is -1.61. The Bertz CT molecular complexity index is 687. The number of carbonyl (C=O) groups is 1. The van der Waals surface area contributed by atoms with E-state index in [4.69, 9.17) is 21.7 Å². The van der Waals surface area contributed by atoms with Gasteiger partial charge in [0, 0.05) is 21.5 Å². The molecular formula is C16H18ClNO2. The van der Waals surface area contributed by atoms with E-state index >= 15 is 0 Å². The van der Waals surface area contributed by atoms with Gasteiger partial charge < -0.3 is 5.11 Å². The van der Waals surface area contributed by atoms with Gasteiger partial charge in [-0.2, -0.15) is 0 Å². The van der Waals surface area contributed by atoms with Crippen LogP contribution in [-0.2, 0) is 16.6 Å². The molecule has 2 rings (SSSR count). The Kier molecular flexibility index (Phi) is 3.74. The molecule has 106 valence electrons. The van der Waals surface area contributed by atoms with Gasteiger partial charge >= 0.3 is 5.97 Å². The summed E-state index contributed by atoms with van der Waals surface area (Å²) >= 11 is 6.16. The number of aliphatic carboxylic acids is 1. The van der Waals surface area contributed by atoms with Gasteiger partial charge in [-0.15, -0.1) is 0 Å². The van der Waals surface area contributed by atoms with Gasteiger partial charge in [-0.05, 0) is 30.2 Å². The molecule has 1 aromatic carbocycles. The molecule has 0 spiro atoms. The van der Waals surface area contributed by atoms with Gasteiger partial charge in [-0.1, -0.05) is 38.4 Å². The van der Waals surface area contributed by atoms with E-state index in [-0.39, 0.29) is 11.8 Å². The second kappa shape index (κ2) is 5.06. The number of aryl methyl sites for hydroxylation is 1. The Labute approximate surface area is 123 Å². The van der Waals surface area contributed by atoms with E-state index in [9.17, 15) is 4.79 Å². The molecule has 0 aliphatic heterocycles. The van der Waals surface area contributed by atoms with Crippen LogP contribution in [0.2, 0.25) is 5.02 Å². The Balaban J connectivity index is 2.81. The van der Waals surface area contributed by atoms with Crippen LogP contribution in [0.4, 0.5) is 0 Å². The van der Waals surface area contributed by atoms with E-state index in [1.54, 1.807) is 6.07 Å². The van der Waals surface area contributed by atoms with Gasteiger partial charge in [0.15, 0.2) is 0 Å². The zero-order chi connectivity index (χ0) is 15.1. The summed E-state index contributed by atoms with van der Waals surface area (Å²) in [5.74, 6) is -0.843. The average Bonchev–Trinajstić information content (AvgIpc) is 2.32. The van der Waals surface area contributed by atoms with E-state index < -0.39 is 5.97 Å². The minimum Gasteiger partial charge on any atom is -0.481 e. The number of carboxylic acid groups (broad SMARTS) is 1. The number of halogens is 1. The molecule has 0 saturated heterocycles. The number of pyridine rings is 1. The molecule has 4 heteroatoms. The van der Waals surface area contributed by atoms with Gasteiger partial charge in [-0.3, -0.25) is 9.78 Å². The van der Waals surface area contributed by atoms with E-state index in [1.165, 1.54) is 0 Å². The molecular weight excluding hydrogens is 274 g/mol. The smallest absolute Gasteiger partial charge is 0.307 e. The van der Waals surface area contributed by atoms with E-state index in [0.29, 0.717) is 5.02 Å². The lowest BCUT2D eigenvalue weighted by Gasteiger charge is -2.20. The molecule has 0 atom stereocenters. The van der Waals surface area contributed by atoms with Gasteiger partial charge in [0.1, 0.15) is 0 Å². The number of nitrogens with zero attached hydrogens (tertiary/aromatic N) is 1. The van der Waals surface area contributed by atoms with Crippen molar-refractivity contribution >= 4 is 28.5 Å². The highest BCUT2D eigenvalue weighted by molar-refractivity contribution is 6.32. The van der Waals surface area contributed by atoms with Crippen molar-refractivity contribution in [2.24, 2.45) is 0 Å². The number of carboxylic acids is 1. The molecule has 1 N–H and O–H groups in total. The molecule has 1 aromatic heterocycles. The van der Waals surface area contributed by atoms with Crippen LogP contribution in [0.15, 0.2) is 18.2 Å². The van der Waals surface area contributed by atoms with Gasteiger partial charge in [0.2, 0.25) is 0 Å². The molecule has 0 aliphatic rings. The van der Waals surface area contributed by atoms with Crippen molar-refractivity contribution in [1.29, 1.82) is 0 Å². The van der Waals surface area contributed by atoms with Gasteiger partial charge in [0.25, 0.3) is 0 Å².